The van der Waals surface area contributed by atoms with Gasteiger partial charge in [0.05, 0.1) is 0 Å². The summed E-state index contributed by atoms with van der Waals surface area (Å²) in [6.45, 7) is 2.29. The Bertz CT molecular complexity index is 996. The summed E-state index contributed by atoms with van der Waals surface area (Å²) >= 11 is 5.56. The van der Waals surface area contributed by atoms with Crippen molar-refractivity contribution < 1.29 is 13.2 Å². The lowest BCUT2D eigenvalue weighted by atomic mass is 9.74. The van der Waals surface area contributed by atoms with Crippen molar-refractivity contribution in [1.29, 1.82) is 0 Å². The van der Waals surface area contributed by atoms with E-state index in [0.717, 1.165) is 36.2 Å². The van der Waals surface area contributed by atoms with Gasteiger partial charge in [-0.3, -0.25) is 0 Å². The summed E-state index contributed by atoms with van der Waals surface area (Å²) in [5.41, 5.74) is 2.18. The first-order valence-electron chi connectivity index (χ1n) is 15.8. The van der Waals surface area contributed by atoms with Crippen LogP contribution in [0.15, 0.2) is 30.3 Å². The molecule has 2 aliphatic rings. The van der Waals surface area contributed by atoms with Crippen molar-refractivity contribution >= 4 is 11.6 Å². The number of rotatable bonds is 13. The van der Waals surface area contributed by atoms with Crippen LogP contribution in [-0.2, 0) is 12.8 Å². The molecule has 2 fully saturated rings. The molecular weight excluding hydrogens is 513 g/mol. The van der Waals surface area contributed by atoms with E-state index in [0.29, 0.717) is 29.9 Å². The smallest absolute Gasteiger partial charge is 0.145 e. The Morgan fingerprint density at radius 2 is 1.21 bits per heavy atom. The summed E-state index contributed by atoms with van der Waals surface area (Å²) in [4.78, 5) is 0. The fraction of sp³-hybridized carbons (Fsp3) is 0.657. The van der Waals surface area contributed by atoms with Crippen LogP contribution in [0.25, 0.3) is 0 Å². The van der Waals surface area contributed by atoms with Gasteiger partial charge in [-0.05, 0) is 97.1 Å². The van der Waals surface area contributed by atoms with E-state index in [2.05, 4.69) is 13.0 Å². The van der Waals surface area contributed by atoms with Gasteiger partial charge in [-0.1, -0.05) is 108 Å². The lowest BCUT2D eigenvalue weighted by Gasteiger charge is -2.32. The van der Waals surface area contributed by atoms with Crippen LogP contribution in [0.5, 0.6) is 0 Å². The van der Waals surface area contributed by atoms with E-state index in [1.165, 1.54) is 102 Å². The molecule has 0 nitrogen and oxygen atoms in total. The Morgan fingerprint density at radius 1 is 0.641 bits per heavy atom. The molecule has 216 valence electrons. The normalized spacial score (nSPS) is 23.7. The van der Waals surface area contributed by atoms with Crippen LogP contribution < -0.4 is 0 Å². The van der Waals surface area contributed by atoms with Crippen molar-refractivity contribution in [2.75, 3.05) is 0 Å². The maximum atomic E-state index is 14.9. The van der Waals surface area contributed by atoms with E-state index in [1.807, 2.05) is 6.07 Å². The van der Waals surface area contributed by atoms with E-state index in [9.17, 15) is 13.2 Å². The van der Waals surface area contributed by atoms with Gasteiger partial charge in [0.2, 0.25) is 0 Å². The second-order valence-electron chi connectivity index (χ2n) is 12.6. The molecule has 2 aliphatic carbocycles. The second-order valence-corrected chi connectivity index (χ2v) is 13.0. The fourth-order valence-electron chi connectivity index (χ4n) is 7.15. The van der Waals surface area contributed by atoms with Gasteiger partial charge >= 0.3 is 0 Å². The monoisotopic (exact) mass is 560 g/mol. The van der Waals surface area contributed by atoms with E-state index in [4.69, 9.17) is 11.6 Å². The van der Waals surface area contributed by atoms with Gasteiger partial charge in [-0.2, -0.15) is 0 Å². The first kappa shape index (κ1) is 30.5. The number of benzene rings is 2. The first-order valence-corrected chi connectivity index (χ1v) is 16.2. The Balaban J connectivity index is 1.14. The summed E-state index contributed by atoms with van der Waals surface area (Å²) < 4.78 is 42.3. The zero-order valence-corrected chi connectivity index (χ0v) is 24.7. The SMILES string of the molecule is CCCCCCCC1CCC(CCC2CCC(c3ccc(CCc4cc(F)c(Cl)c(F)c4)c(F)c3)CC2)CC1. The minimum Gasteiger partial charge on any atom is -0.207 e. The molecule has 0 aliphatic heterocycles. The Labute approximate surface area is 240 Å². The highest BCUT2D eigenvalue weighted by Gasteiger charge is 2.26. The van der Waals surface area contributed by atoms with Crippen molar-refractivity contribution in [3.8, 4) is 0 Å². The zero-order chi connectivity index (χ0) is 27.6. The predicted molar refractivity (Wildman–Crippen MR) is 158 cm³/mol. The molecule has 0 unspecified atom stereocenters. The highest BCUT2D eigenvalue weighted by Crippen LogP contribution is 2.40. The van der Waals surface area contributed by atoms with E-state index >= 15 is 0 Å². The zero-order valence-electron chi connectivity index (χ0n) is 23.9. The van der Waals surface area contributed by atoms with Crippen molar-refractivity contribution in [3.63, 3.8) is 0 Å². The average molecular weight is 561 g/mol. The third-order valence-electron chi connectivity index (χ3n) is 9.79. The quantitative estimate of drug-likeness (QED) is 0.169. The lowest BCUT2D eigenvalue weighted by Crippen LogP contribution is -2.18. The maximum absolute atomic E-state index is 14.9. The van der Waals surface area contributed by atoms with Gasteiger partial charge < -0.3 is 0 Å². The lowest BCUT2D eigenvalue weighted by molar-refractivity contribution is 0.222. The average Bonchev–Trinajstić information content (AvgIpc) is 2.95. The molecule has 0 aromatic heterocycles. The van der Waals surface area contributed by atoms with Crippen molar-refractivity contribution in [2.24, 2.45) is 17.8 Å². The molecule has 0 radical (unpaired) electrons. The minimum absolute atomic E-state index is 0.207. The molecule has 0 N–H and O–H groups in total. The van der Waals surface area contributed by atoms with Gasteiger partial charge in [-0.25, -0.2) is 13.2 Å². The molecule has 4 heteroatoms. The van der Waals surface area contributed by atoms with Crippen molar-refractivity contribution in [2.45, 2.75) is 128 Å². The van der Waals surface area contributed by atoms with E-state index < -0.39 is 16.7 Å². The van der Waals surface area contributed by atoms with Crippen LogP contribution in [0.2, 0.25) is 5.02 Å². The third kappa shape index (κ3) is 9.27. The summed E-state index contributed by atoms with van der Waals surface area (Å²) in [7, 11) is 0. The number of hydrogen-bond acceptors (Lipinski definition) is 0. The van der Waals surface area contributed by atoms with Gasteiger partial charge in [0, 0.05) is 0 Å². The molecule has 2 aromatic rings. The maximum Gasteiger partial charge on any atom is 0.145 e. The first-order chi connectivity index (χ1) is 18.9. The molecule has 39 heavy (non-hydrogen) atoms. The number of halogens is 4. The van der Waals surface area contributed by atoms with E-state index in [-0.39, 0.29) is 5.82 Å². The predicted octanol–water partition coefficient (Wildman–Crippen LogP) is 11.8. The minimum atomic E-state index is -0.769. The van der Waals surface area contributed by atoms with Crippen LogP contribution in [-0.4, -0.2) is 0 Å². The molecular formula is C35H48ClF3. The molecule has 4 rings (SSSR count). The van der Waals surface area contributed by atoms with Gasteiger partial charge in [0.15, 0.2) is 0 Å². The van der Waals surface area contributed by atoms with Crippen molar-refractivity contribution in [1.82, 2.24) is 0 Å². The van der Waals surface area contributed by atoms with Crippen LogP contribution in [0, 0.1) is 35.2 Å². The topological polar surface area (TPSA) is 0 Å². The second kappa shape index (κ2) is 15.5. The summed E-state index contributed by atoms with van der Waals surface area (Å²) in [6, 6.07) is 8.09. The fourth-order valence-corrected chi connectivity index (χ4v) is 7.26. The van der Waals surface area contributed by atoms with Crippen molar-refractivity contribution in [3.05, 3.63) is 69.5 Å². The standard InChI is InChI=1S/C35H48ClF3/c1-2-3-4-5-6-7-25-8-10-26(11-9-25)12-13-27-14-17-29(18-15-27)31-21-20-30(32(37)24-31)19-16-28-22-33(38)35(36)34(39)23-28/h20-27,29H,2-19H2,1H3. The molecule has 0 spiro atoms. The molecule has 0 amide bonds. The summed E-state index contributed by atoms with van der Waals surface area (Å²) in [6.07, 6.45) is 22.7. The molecule has 0 atom stereocenters. The van der Waals surface area contributed by atoms with Gasteiger partial charge in [-0.15, -0.1) is 0 Å². The van der Waals surface area contributed by atoms with Gasteiger partial charge in [0.25, 0.3) is 0 Å². The number of aryl methyl sites for hydroxylation is 2. The largest absolute Gasteiger partial charge is 0.207 e. The van der Waals surface area contributed by atoms with Gasteiger partial charge in [0.1, 0.15) is 22.5 Å². The van der Waals surface area contributed by atoms with E-state index in [1.54, 1.807) is 6.07 Å². The highest BCUT2D eigenvalue weighted by molar-refractivity contribution is 6.30. The third-order valence-corrected chi connectivity index (χ3v) is 10.1. The summed E-state index contributed by atoms with van der Waals surface area (Å²) in [5, 5.41) is -0.491. The Kier molecular flexibility index (Phi) is 12.1. The van der Waals surface area contributed by atoms with Crippen LogP contribution in [0.4, 0.5) is 13.2 Å². The van der Waals surface area contributed by atoms with Crippen LogP contribution >= 0.6 is 11.6 Å². The molecule has 0 heterocycles. The summed E-state index contributed by atoms with van der Waals surface area (Å²) in [5.74, 6) is 1.47. The molecule has 0 bridgehead atoms. The molecule has 2 aromatic carbocycles. The molecule has 0 saturated heterocycles. The highest BCUT2D eigenvalue weighted by atomic mass is 35.5. The molecule has 2 saturated carbocycles. The van der Waals surface area contributed by atoms with Crippen LogP contribution in [0.1, 0.15) is 132 Å². The Hall–Kier alpha value is -1.48. The Morgan fingerprint density at radius 3 is 1.79 bits per heavy atom. The number of hydrogen-bond donors (Lipinski definition) is 0. The van der Waals surface area contributed by atoms with Crippen LogP contribution in [0.3, 0.4) is 0 Å². The number of unbranched alkanes of at least 4 members (excludes halogenated alkanes) is 4.